The van der Waals surface area contributed by atoms with Gasteiger partial charge in [-0.2, -0.15) is 4.98 Å². The zero-order chi connectivity index (χ0) is 11.8. The van der Waals surface area contributed by atoms with Crippen molar-refractivity contribution in [2.75, 3.05) is 23.7 Å². The lowest BCUT2D eigenvalue weighted by molar-refractivity contribution is 0.830. The molecule has 0 aliphatic carbocycles. The number of halogens is 1. The van der Waals surface area contributed by atoms with Crippen LogP contribution in [-0.2, 0) is 0 Å². The Balaban J connectivity index is 2.59. The fourth-order valence-corrected chi connectivity index (χ4v) is 1.35. The van der Waals surface area contributed by atoms with Crippen LogP contribution in [0.3, 0.4) is 0 Å². The van der Waals surface area contributed by atoms with E-state index in [0.717, 1.165) is 32.4 Å². The minimum Gasteiger partial charge on any atom is -0.369 e. The fraction of sp³-hybridized carbons (Fsp3) is 0.636. The van der Waals surface area contributed by atoms with Crippen LogP contribution in [0.2, 0.25) is 5.02 Å². The molecule has 90 valence electrons. The Kier molecular flexibility index (Phi) is 5.93. The van der Waals surface area contributed by atoms with E-state index in [1.165, 1.54) is 0 Å². The van der Waals surface area contributed by atoms with Gasteiger partial charge in [-0.1, -0.05) is 31.9 Å². The molecule has 0 bridgehead atoms. The predicted molar refractivity (Wildman–Crippen MR) is 69.2 cm³/mol. The summed E-state index contributed by atoms with van der Waals surface area (Å²) in [6.07, 6.45) is 4.93. The summed E-state index contributed by atoms with van der Waals surface area (Å²) < 4.78 is 0. The largest absolute Gasteiger partial charge is 0.369 e. The van der Waals surface area contributed by atoms with Crippen molar-refractivity contribution in [2.45, 2.75) is 33.1 Å². The van der Waals surface area contributed by atoms with Crippen molar-refractivity contribution in [2.24, 2.45) is 0 Å². The van der Waals surface area contributed by atoms with Gasteiger partial charge in [0.05, 0.1) is 6.20 Å². The highest BCUT2D eigenvalue weighted by atomic mass is 35.5. The van der Waals surface area contributed by atoms with E-state index in [9.17, 15) is 0 Å². The van der Waals surface area contributed by atoms with Crippen molar-refractivity contribution >= 4 is 23.4 Å². The molecule has 16 heavy (non-hydrogen) atoms. The van der Waals surface area contributed by atoms with Crippen LogP contribution in [0.25, 0.3) is 0 Å². The Hall–Kier alpha value is -1.03. The maximum Gasteiger partial charge on any atom is 0.224 e. The molecule has 0 aliphatic heterocycles. The first-order valence-corrected chi connectivity index (χ1v) is 6.16. The van der Waals surface area contributed by atoms with E-state index in [0.29, 0.717) is 16.8 Å². The summed E-state index contributed by atoms with van der Waals surface area (Å²) in [5.41, 5.74) is 0. The molecule has 1 heterocycles. The molecule has 0 aliphatic rings. The van der Waals surface area contributed by atoms with Crippen LogP contribution in [0.5, 0.6) is 0 Å². The minimum atomic E-state index is 0.568. The maximum absolute atomic E-state index is 5.99. The van der Waals surface area contributed by atoms with Gasteiger partial charge in [0.25, 0.3) is 0 Å². The number of rotatable bonds is 7. The number of nitrogens with one attached hydrogen (secondary N) is 2. The van der Waals surface area contributed by atoms with E-state index in [1.807, 2.05) is 0 Å². The SMILES string of the molecule is CCCCNc1nc(NCCC)ncc1Cl. The van der Waals surface area contributed by atoms with Gasteiger partial charge in [0.2, 0.25) is 5.95 Å². The lowest BCUT2D eigenvalue weighted by Crippen LogP contribution is -2.08. The molecule has 2 N–H and O–H groups in total. The van der Waals surface area contributed by atoms with Gasteiger partial charge in [0, 0.05) is 13.1 Å². The average molecular weight is 243 g/mol. The summed E-state index contributed by atoms with van der Waals surface area (Å²) >= 11 is 5.99. The second kappa shape index (κ2) is 7.28. The van der Waals surface area contributed by atoms with Gasteiger partial charge in [-0.3, -0.25) is 0 Å². The van der Waals surface area contributed by atoms with Crippen molar-refractivity contribution < 1.29 is 0 Å². The highest BCUT2D eigenvalue weighted by molar-refractivity contribution is 6.32. The molecule has 0 aromatic carbocycles. The summed E-state index contributed by atoms with van der Waals surface area (Å²) in [5.74, 6) is 1.34. The monoisotopic (exact) mass is 242 g/mol. The Morgan fingerprint density at radius 1 is 1.19 bits per heavy atom. The number of unbranched alkanes of at least 4 members (excludes halogenated alkanes) is 1. The lowest BCUT2D eigenvalue weighted by Gasteiger charge is -2.08. The predicted octanol–water partition coefficient (Wildman–Crippen LogP) is 3.16. The molecule has 0 radical (unpaired) electrons. The van der Waals surface area contributed by atoms with Crippen LogP contribution in [0.15, 0.2) is 6.20 Å². The van der Waals surface area contributed by atoms with Crippen LogP contribution in [0, 0.1) is 0 Å². The number of hydrogen-bond donors (Lipinski definition) is 2. The molecule has 0 amide bonds. The van der Waals surface area contributed by atoms with Crippen molar-refractivity contribution in [3.8, 4) is 0 Å². The number of aromatic nitrogens is 2. The molecule has 0 saturated heterocycles. The third-order valence-corrected chi connectivity index (χ3v) is 2.38. The maximum atomic E-state index is 5.99. The Bertz CT molecular complexity index is 317. The van der Waals surface area contributed by atoms with Crippen LogP contribution in [0.4, 0.5) is 11.8 Å². The Morgan fingerprint density at radius 2 is 2.00 bits per heavy atom. The van der Waals surface area contributed by atoms with Crippen LogP contribution in [0.1, 0.15) is 33.1 Å². The second-order valence-electron chi connectivity index (χ2n) is 3.60. The van der Waals surface area contributed by atoms with Crippen molar-refractivity contribution in [3.63, 3.8) is 0 Å². The topological polar surface area (TPSA) is 49.8 Å². The molecule has 5 heteroatoms. The van der Waals surface area contributed by atoms with Gasteiger partial charge < -0.3 is 10.6 Å². The molecule has 1 aromatic rings. The van der Waals surface area contributed by atoms with Gasteiger partial charge in [-0.25, -0.2) is 4.98 Å². The molecule has 0 atom stereocenters. The summed E-state index contributed by atoms with van der Waals surface area (Å²) in [5, 5.41) is 6.91. The van der Waals surface area contributed by atoms with E-state index >= 15 is 0 Å². The molecule has 1 rings (SSSR count). The summed E-state index contributed by atoms with van der Waals surface area (Å²) in [7, 11) is 0. The van der Waals surface area contributed by atoms with Crippen molar-refractivity contribution in [3.05, 3.63) is 11.2 Å². The molecule has 0 fully saturated rings. The molecule has 0 saturated carbocycles. The smallest absolute Gasteiger partial charge is 0.224 e. The molecule has 4 nitrogen and oxygen atoms in total. The third kappa shape index (κ3) is 4.23. The molecular formula is C11H19ClN4. The van der Waals surface area contributed by atoms with Gasteiger partial charge >= 0.3 is 0 Å². The molecule has 1 aromatic heterocycles. The standard InChI is InChI=1S/C11H19ClN4/c1-3-5-7-13-10-9(12)8-15-11(16-10)14-6-4-2/h8H,3-7H2,1-2H3,(H2,13,14,15,16). The van der Waals surface area contributed by atoms with Gasteiger partial charge in [-0.15, -0.1) is 0 Å². The summed E-state index contributed by atoms with van der Waals surface area (Å²) in [4.78, 5) is 8.43. The van der Waals surface area contributed by atoms with Crippen LogP contribution in [-0.4, -0.2) is 23.1 Å². The lowest BCUT2D eigenvalue weighted by atomic mass is 10.3. The minimum absolute atomic E-state index is 0.568. The van der Waals surface area contributed by atoms with Gasteiger partial charge in [0.15, 0.2) is 0 Å². The first kappa shape index (κ1) is 13.0. The van der Waals surface area contributed by atoms with E-state index in [2.05, 4.69) is 34.4 Å². The molecular weight excluding hydrogens is 224 g/mol. The third-order valence-electron chi connectivity index (χ3n) is 2.10. The zero-order valence-electron chi connectivity index (χ0n) is 9.89. The molecule has 0 spiro atoms. The van der Waals surface area contributed by atoms with Gasteiger partial charge in [0.1, 0.15) is 10.8 Å². The van der Waals surface area contributed by atoms with E-state index in [1.54, 1.807) is 6.20 Å². The number of anilines is 2. The summed E-state index contributed by atoms with van der Waals surface area (Å²) in [6.45, 7) is 6.01. The second-order valence-corrected chi connectivity index (χ2v) is 4.00. The van der Waals surface area contributed by atoms with Crippen LogP contribution < -0.4 is 10.6 Å². The number of nitrogens with zero attached hydrogens (tertiary/aromatic N) is 2. The molecule has 0 unspecified atom stereocenters. The Morgan fingerprint density at radius 3 is 2.69 bits per heavy atom. The fourth-order valence-electron chi connectivity index (χ4n) is 1.20. The average Bonchev–Trinajstić information content (AvgIpc) is 2.30. The van der Waals surface area contributed by atoms with Crippen molar-refractivity contribution in [1.82, 2.24) is 9.97 Å². The highest BCUT2D eigenvalue weighted by Crippen LogP contribution is 2.19. The quantitative estimate of drug-likeness (QED) is 0.722. The first-order chi connectivity index (χ1) is 7.77. The van der Waals surface area contributed by atoms with Gasteiger partial charge in [-0.05, 0) is 12.8 Å². The zero-order valence-corrected chi connectivity index (χ0v) is 10.6. The first-order valence-electron chi connectivity index (χ1n) is 5.78. The Labute approximate surface area is 102 Å². The normalized spacial score (nSPS) is 10.2. The highest BCUT2D eigenvalue weighted by Gasteiger charge is 2.03. The van der Waals surface area contributed by atoms with E-state index < -0.39 is 0 Å². The van der Waals surface area contributed by atoms with E-state index in [4.69, 9.17) is 11.6 Å². The van der Waals surface area contributed by atoms with Crippen molar-refractivity contribution in [1.29, 1.82) is 0 Å². The van der Waals surface area contributed by atoms with Crippen LogP contribution >= 0.6 is 11.6 Å². The summed E-state index contributed by atoms with van der Waals surface area (Å²) in [6, 6.07) is 0. The van der Waals surface area contributed by atoms with E-state index in [-0.39, 0.29) is 0 Å². The number of hydrogen-bond acceptors (Lipinski definition) is 4.